The van der Waals surface area contributed by atoms with E-state index in [2.05, 4.69) is 10.5 Å². The number of hydrogen-bond donors (Lipinski definition) is 2. The summed E-state index contributed by atoms with van der Waals surface area (Å²) in [4.78, 5) is 4.34. The van der Waals surface area contributed by atoms with E-state index in [9.17, 15) is 0 Å². The average molecular weight is 312 g/mol. The molecule has 2 N–H and O–H groups in total. The summed E-state index contributed by atoms with van der Waals surface area (Å²) in [6.45, 7) is 0. The van der Waals surface area contributed by atoms with Crippen molar-refractivity contribution in [2.24, 2.45) is 0 Å². The zero-order chi connectivity index (χ0) is 16.2. The maximum absolute atomic E-state index is 8.84. The molecule has 1 heterocycles. The molecule has 0 saturated carbocycles. The second-order valence-electron chi connectivity index (χ2n) is 4.77. The van der Waals surface area contributed by atoms with Crippen LogP contribution < -0.4 is 19.7 Å². The van der Waals surface area contributed by atoms with Gasteiger partial charge in [0.05, 0.1) is 25.4 Å². The molecule has 0 aliphatic heterocycles. The smallest absolute Gasteiger partial charge is 0.162 e. The molecule has 0 saturated heterocycles. The lowest BCUT2D eigenvalue weighted by Gasteiger charge is -2.12. The predicted octanol–water partition coefficient (Wildman–Crippen LogP) is 3.85. The number of aromatic nitrogens is 1. The molecular weight excluding hydrogens is 296 g/mol. The van der Waals surface area contributed by atoms with Crippen molar-refractivity contribution < 1.29 is 19.4 Å². The van der Waals surface area contributed by atoms with Crippen LogP contribution in [0, 0.1) is 0 Å². The number of fused-ring (bicyclic) bond motifs is 1. The van der Waals surface area contributed by atoms with Crippen LogP contribution in [-0.4, -0.2) is 24.4 Å². The standard InChI is InChI=1S/C17H16N2O4/c1-21-16-9-13-14(10-17(16)22-2)18-8-7-15(13)23-12-5-3-11(19-20)4-6-12/h3-10,19-20H,1-2H3. The van der Waals surface area contributed by atoms with Crippen LogP contribution in [0.1, 0.15) is 0 Å². The van der Waals surface area contributed by atoms with Crippen molar-refractivity contribution in [3.05, 3.63) is 48.7 Å². The summed E-state index contributed by atoms with van der Waals surface area (Å²) in [5.74, 6) is 2.52. The molecule has 0 spiro atoms. The van der Waals surface area contributed by atoms with Crippen LogP contribution in [-0.2, 0) is 0 Å². The summed E-state index contributed by atoms with van der Waals surface area (Å²) in [5, 5.41) is 9.66. The Morgan fingerprint density at radius 3 is 2.26 bits per heavy atom. The van der Waals surface area contributed by atoms with E-state index in [4.69, 9.17) is 19.4 Å². The summed E-state index contributed by atoms with van der Waals surface area (Å²) >= 11 is 0. The summed E-state index contributed by atoms with van der Waals surface area (Å²) in [6.07, 6.45) is 1.67. The highest BCUT2D eigenvalue weighted by atomic mass is 16.5. The van der Waals surface area contributed by atoms with Gasteiger partial charge in [-0.05, 0) is 36.4 Å². The topological polar surface area (TPSA) is 72.8 Å². The van der Waals surface area contributed by atoms with Crippen molar-refractivity contribution in [2.45, 2.75) is 0 Å². The van der Waals surface area contributed by atoms with Gasteiger partial charge in [-0.2, -0.15) is 0 Å². The van der Waals surface area contributed by atoms with Crippen molar-refractivity contribution >= 4 is 16.6 Å². The molecule has 0 bridgehead atoms. The minimum atomic E-state index is 0.586. The minimum absolute atomic E-state index is 0.586. The Kier molecular flexibility index (Phi) is 4.16. The molecule has 2 aromatic carbocycles. The number of pyridine rings is 1. The van der Waals surface area contributed by atoms with Crippen LogP contribution in [0.4, 0.5) is 5.69 Å². The van der Waals surface area contributed by atoms with Crippen molar-refractivity contribution in [2.75, 3.05) is 19.7 Å². The first-order valence-electron chi connectivity index (χ1n) is 6.94. The third-order valence-corrected chi connectivity index (χ3v) is 3.42. The van der Waals surface area contributed by atoms with Gasteiger partial charge in [0.15, 0.2) is 11.5 Å². The van der Waals surface area contributed by atoms with Crippen molar-refractivity contribution in [3.63, 3.8) is 0 Å². The summed E-state index contributed by atoms with van der Waals surface area (Å²) in [7, 11) is 3.17. The number of nitrogens with zero attached hydrogens (tertiary/aromatic N) is 1. The normalized spacial score (nSPS) is 10.4. The zero-order valence-electron chi connectivity index (χ0n) is 12.7. The Labute approximate surface area is 133 Å². The molecule has 0 aliphatic rings. The van der Waals surface area contributed by atoms with Crippen molar-refractivity contribution in [1.82, 2.24) is 4.98 Å². The highest BCUT2D eigenvalue weighted by Crippen LogP contribution is 2.36. The number of anilines is 1. The molecule has 0 radical (unpaired) electrons. The van der Waals surface area contributed by atoms with Gasteiger partial charge in [-0.25, -0.2) is 0 Å². The third kappa shape index (κ3) is 2.97. The van der Waals surface area contributed by atoms with E-state index < -0.39 is 0 Å². The van der Waals surface area contributed by atoms with Gasteiger partial charge in [-0.1, -0.05) is 0 Å². The van der Waals surface area contributed by atoms with Gasteiger partial charge in [0.25, 0.3) is 0 Å². The number of rotatable bonds is 5. The second-order valence-corrected chi connectivity index (χ2v) is 4.77. The van der Waals surface area contributed by atoms with Crippen LogP contribution in [0.25, 0.3) is 10.9 Å². The van der Waals surface area contributed by atoms with Crippen molar-refractivity contribution in [3.8, 4) is 23.0 Å². The van der Waals surface area contributed by atoms with Gasteiger partial charge >= 0.3 is 0 Å². The Bertz CT molecular complexity index is 819. The fourth-order valence-corrected chi connectivity index (χ4v) is 2.26. The Balaban J connectivity index is 2.02. The van der Waals surface area contributed by atoms with Gasteiger partial charge in [0.1, 0.15) is 11.5 Å². The number of nitrogens with one attached hydrogen (secondary N) is 1. The molecule has 23 heavy (non-hydrogen) atoms. The SMILES string of the molecule is COc1cc2nccc(Oc3ccc(NO)cc3)c2cc1OC. The molecule has 0 amide bonds. The number of hydrogen-bond acceptors (Lipinski definition) is 6. The number of benzene rings is 2. The molecule has 3 rings (SSSR count). The monoisotopic (exact) mass is 312 g/mol. The molecule has 118 valence electrons. The highest BCUT2D eigenvalue weighted by molar-refractivity contribution is 5.88. The Hall–Kier alpha value is -2.99. The molecule has 0 fully saturated rings. The van der Waals surface area contributed by atoms with Crippen LogP contribution in [0.2, 0.25) is 0 Å². The maximum Gasteiger partial charge on any atom is 0.162 e. The molecular formula is C17H16N2O4. The van der Waals surface area contributed by atoms with Gasteiger partial charge in [0, 0.05) is 17.6 Å². The summed E-state index contributed by atoms with van der Waals surface area (Å²) in [6, 6.07) is 12.4. The summed E-state index contributed by atoms with van der Waals surface area (Å²) < 4.78 is 16.5. The lowest BCUT2D eigenvalue weighted by atomic mass is 10.2. The van der Waals surface area contributed by atoms with E-state index in [0.717, 1.165) is 10.9 Å². The molecule has 0 aliphatic carbocycles. The molecule has 6 heteroatoms. The van der Waals surface area contributed by atoms with E-state index in [-0.39, 0.29) is 0 Å². The fraction of sp³-hybridized carbons (Fsp3) is 0.118. The van der Waals surface area contributed by atoms with Gasteiger partial charge < -0.3 is 14.2 Å². The van der Waals surface area contributed by atoms with Gasteiger partial charge in [0.2, 0.25) is 0 Å². The molecule has 0 unspecified atom stereocenters. The van der Waals surface area contributed by atoms with E-state index in [1.54, 1.807) is 56.8 Å². The van der Waals surface area contributed by atoms with Crippen LogP contribution >= 0.6 is 0 Å². The van der Waals surface area contributed by atoms with Gasteiger partial charge in [-0.15, -0.1) is 0 Å². The first kappa shape index (κ1) is 14.9. The minimum Gasteiger partial charge on any atom is -0.493 e. The number of ether oxygens (including phenoxy) is 3. The lowest BCUT2D eigenvalue weighted by Crippen LogP contribution is -1.93. The Morgan fingerprint density at radius 2 is 1.61 bits per heavy atom. The maximum atomic E-state index is 8.84. The first-order chi connectivity index (χ1) is 11.2. The van der Waals surface area contributed by atoms with Crippen LogP contribution in [0.5, 0.6) is 23.0 Å². The van der Waals surface area contributed by atoms with Crippen LogP contribution in [0.3, 0.4) is 0 Å². The van der Waals surface area contributed by atoms with Gasteiger partial charge in [-0.3, -0.25) is 15.7 Å². The molecule has 1 aromatic heterocycles. The summed E-state index contributed by atoms with van der Waals surface area (Å²) in [5.41, 5.74) is 3.41. The van der Waals surface area contributed by atoms with E-state index >= 15 is 0 Å². The molecule has 3 aromatic rings. The first-order valence-corrected chi connectivity index (χ1v) is 6.94. The second kappa shape index (κ2) is 6.41. The molecule has 0 atom stereocenters. The third-order valence-electron chi connectivity index (χ3n) is 3.42. The van der Waals surface area contributed by atoms with E-state index in [1.165, 1.54) is 0 Å². The van der Waals surface area contributed by atoms with E-state index in [1.807, 2.05) is 6.07 Å². The average Bonchev–Trinajstić information content (AvgIpc) is 2.61. The lowest BCUT2D eigenvalue weighted by molar-refractivity contribution is 0.355. The molecule has 6 nitrogen and oxygen atoms in total. The predicted molar refractivity (Wildman–Crippen MR) is 86.8 cm³/mol. The van der Waals surface area contributed by atoms with Crippen LogP contribution in [0.15, 0.2) is 48.7 Å². The van der Waals surface area contributed by atoms with E-state index in [0.29, 0.717) is 28.7 Å². The largest absolute Gasteiger partial charge is 0.493 e. The zero-order valence-corrected chi connectivity index (χ0v) is 12.7. The van der Waals surface area contributed by atoms with Crippen molar-refractivity contribution in [1.29, 1.82) is 0 Å². The Morgan fingerprint density at radius 1 is 0.913 bits per heavy atom. The fourth-order valence-electron chi connectivity index (χ4n) is 2.26. The number of methoxy groups -OCH3 is 2. The quantitative estimate of drug-likeness (QED) is 0.697. The highest BCUT2D eigenvalue weighted by Gasteiger charge is 2.11.